The van der Waals surface area contributed by atoms with Crippen molar-refractivity contribution in [1.29, 1.82) is 0 Å². The zero-order valence-electron chi connectivity index (χ0n) is 8.42. The lowest BCUT2D eigenvalue weighted by Gasteiger charge is -2.03. The van der Waals surface area contributed by atoms with Crippen LogP contribution in [0.3, 0.4) is 0 Å². The first kappa shape index (κ1) is 11.3. The van der Waals surface area contributed by atoms with Crippen LogP contribution in [-0.2, 0) is 4.74 Å². The van der Waals surface area contributed by atoms with Gasteiger partial charge in [0.05, 0.1) is 12.2 Å². The smallest absolute Gasteiger partial charge is 0.339 e. The van der Waals surface area contributed by atoms with E-state index in [-0.39, 0.29) is 0 Å². The third-order valence-corrected chi connectivity index (χ3v) is 1.71. The van der Waals surface area contributed by atoms with E-state index in [1.165, 1.54) is 0 Å². The van der Waals surface area contributed by atoms with Gasteiger partial charge in [0.2, 0.25) is 0 Å². The maximum Gasteiger partial charge on any atom is 0.339 e. The van der Waals surface area contributed by atoms with Crippen molar-refractivity contribution in [2.45, 2.75) is 6.92 Å². The molecule has 0 bridgehead atoms. The van der Waals surface area contributed by atoms with Gasteiger partial charge in [-0.05, 0) is 19.1 Å². The highest BCUT2D eigenvalue weighted by Gasteiger charge is 2.09. The summed E-state index contributed by atoms with van der Waals surface area (Å²) in [5.74, 6) is 4.42. The molecule has 0 aromatic heterocycles. The van der Waals surface area contributed by atoms with Gasteiger partial charge in [-0.25, -0.2) is 9.18 Å². The first-order valence-electron chi connectivity index (χ1n) is 4.60. The Labute approximate surface area is 88.1 Å². The Bertz CT molecular complexity index is 402. The molecule has 0 N–H and O–H groups in total. The van der Waals surface area contributed by atoms with E-state index >= 15 is 0 Å². The predicted molar refractivity (Wildman–Crippen MR) is 55.3 cm³/mol. The first-order valence-corrected chi connectivity index (χ1v) is 4.60. The van der Waals surface area contributed by atoms with Gasteiger partial charge in [-0.3, -0.25) is 0 Å². The fourth-order valence-electron chi connectivity index (χ4n) is 1.11. The standard InChI is InChI=1S/C12H11FO2/c1-2-15-12(14)11-8-4-3-6-10(11)7-5-9-13/h3-4,6,8H,2,9H2,1H3. The molecule has 0 saturated carbocycles. The molecule has 0 radical (unpaired) electrons. The molecule has 1 rings (SSSR count). The average Bonchev–Trinajstić information content (AvgIpc) is 2.27. The maximum absolute atomic E-state index is 11.9. The second-order valence-electron chi connectivity index (χ2n) is 2.70. The summed E-state index contributed by atoms with van der Waals surface area (Å²) < 4.78 is 16.7. The van der Waals surface area contributed by atoms with Crippen LogP contribution in [0.5, 0.6) is 0 Å². The number of esters is 1. The lowest BCUT2D eigenvalue weighted by Crippen LogP contribution is -2.06. The van der Waals surface area contributed by atoms with E-state index < -0.39 is 12.6 Å². The van der Waals surface area contributed by atoms with Gasteiger partial charge in [0, 0.05) is 5.56 Å². The molecule has 0 aliphatic rings. The minimum absolute atomic E-state index is 0.309. The predicted octanol–water partition coefficient (Wildman–Crippen LogP) is 2.18. The monoisotopic (exact) mass is 206 g/mol. The van der Waals surface area contributed by atoms with E-state index in [1.807, 2.05) is 0 Å². The molecule has 0 atom stereocenters. The van der Waals surface area contributed by atoms with Gasteiger partial charge in [0.15, 0.2) is 6.67 Å². The van der Waals surface area contributed by atoms with Crippen molar-refractivity contribution in [2.24, 2.45) is 0 Å². The van der Waals surface area contributed by atoms with Crippen molar-refractivity contribution >= 4 is 5.97 Å². The van der Waals surface area contributed by atoms with Crippen molar-refractivity contribution in [1.82, 2.24) is 0 Å². The van der Waals surface area contributed by atoms with Gasteiger partial charge in [-0.15, -0.1) is 0 Å². The van der Waals surface area contributed by atoms with E-state index in [9.17, 15) is 9.18 Å². The molecule has 0 aliphatic carbocycles. The Morgan fingerprint density at radius 3 is 2.87 bits per heavy atom. The van der Waals surface area contributed by atoms with Crippen molar-refractivity contribution in [3.63, 3.8) is 0 Å². The summed E-state index contributed by atoms with van der Waals surface area (Å²) in [5, 5.41) is 0. The highest BCUT2D eigenvalue weighted by Crippen LogP contribution is 2.08. The second kappa shape index (κ2) is 5.82. The summed E-state index contributed by atoms with van der Waals surface area (Å²) in [6.45, 7) is 1.31. The third kappa shape index (κ3) is 3.10. The Morgan fingerprint density at radius 1 is 1.47 bits per heavy atom. The molecule has 0 heterocycles. The quantitative estimate of drug-likeness (QED) is 0.547. The minimum atomic E-state index is -0.725. The zero-order chi connectivity index (χ0) is 11.1. The molecule has 3 heteroatoms. The van der Waals surface area contributed by atoms with Gasteiger partial charge in [0.1, 0.15) is 0 Å². The van der Waals surface area contributed by atoms with Crippen LogP contribution in [0.25, 0.3) is 0 Å². The van der Waals surface area contributed by atoms with Gasteiger partial charge in [0.25, 0.3) is 0 Å². The van der Waals surface area contributed by atoms with Crippen LogP contribution in [0.1, 0.15) is 22.8 Å². The highest BCUT2D eigenvalue weighted by molar-refractivity contribution is 5.92. The molecular weight excluding hydrogens is 195 g/mol. The van der Waals surface area contributed by atoms with Crippen molar-refractivity contribution in [2.75, 3.05) is 13.3 Å². The Morgan fingerprint density at radius 2 is 2.20 bits per heavy atom. The Balaban J connectivity index is 3.00. The summed E-state index contributed by atoms with van der Waals surface area (Å²) in [7, 11) is 0. The minimum Gasteiger partial charge on any atom is -0.462 e. The van der Waals surface area contributed by atoms with Gasteiger partial charge < -0.3 is 4.74 Å². The molecular formula is C12H11FO2. The largest absolute Gasteiger partial charge is 0.462 e. The molecule has 2 nitrogen and oxygen atoms in total. The topological polar surface area (TPSA) is 26.3 Å². The SMILES string of the molecule is CCOC(=O)c1ccccc1C#CCF. The molecule has 1 aromatic carbocycles. The number of ether oxygens (including phenoxy) is 1. The number of hydrogen-bond donors (Lipinski definition) is 0. The maximum atomic E-state index is 11.9. The number of halogens is 1. The molecule has 0 aliphatic heterocycles. The Hall–Kier alpha value is -1.82. The second-order valence-corrected chi connectivity index (χ2v) is 2.70. The lowest BCUT2D eigenvalue weighted by molar-refractivity contribution is 0.0526. The molecule has 0 fully saturated rings. The molecule has 0 unspecified atom stereocenters. The lowest BCUT2D eigenvalue weighted by atomic mass is 10.1. The summed E-state index contributed by atoms with van der Waals surface area (Å²) in [4.78, 5) is 11.4. The average molecular weight is 206 g/mol. The fourth-order valence-corrected chi connectivity index (χ4v) is 1.11. The van der Waals surface area contributed by atoms with E-state index in [0.29, 0.717) is 17.7 Å². The van der Waals surface area contributed by atoms with Crippen LogP contribution in [0.2, 0.25) is 0 Å². The van der Waals surface area contributed by atoms with Crippen LogP contribution < -0.4 is 0 Å². The molecule has 78 valence electrons. The molecule has 0 amide bonds. The van der Waals surface area contributed by atoms with Gasteiger partial charge >= 0.3 is 5.97 Å². The normalized spacial score (nSPS) is 8.93. The number of carbonyl (C=O) groups excluding carboxylic acids is 1. The number of hydrogen-bond acceptors (Lipinski definition) is 2. The molecule has 1 aromatic rings. The number of rotatable bonds is 2. The van der Waals surface area contributed by atoms with E-state index in [4.69, 9.17) is 4.74 Å². The summed E-state index contributed by atoms with van der Waals surface area (Å²) in [5.41, 5.74) is 0.869. The summed E-state index contributed by atoms with van der Waals surface area (Å²) in [6, 6.07) is 6.73. The van der Waals surface area contributed by atoms with E-state index in [1.54, 1.807) is 31.2 Å². The van der Waals surface area contributed by atoms with Gasteiger partial charge in [-0.2, -0.15) is 0 Å². The number of carbonyl (C=O) groups is 1. The zero-order valence-corrected chi connectivity index (χ0v) is 8.42. The van der Waals surface area contributed by atoms with Gasteiger partial charge in [-0.1, -0.05) is 24.0 Å². The van der Waals surface area contributed by atoms with Crippen molar-refractivity contribution in [3.8, 4) is 11.8 Å². The molecule has 0 saturated heterocycles. The van der Waals surface area contributed by atoms with E-state index in [2.05, 4.69) is 11.8 Å². The Kier molecular flexibility index (Phi) is 4.36. The fraction of sp³-hybridized carbons (Fsp3) is 0.250. The van der Waals surface area contributed by atoms with E-state index in [0.717, 1.165) is 0 Å². The van der Waals surface area contributed by atoms with Crippen LogP contribution >= 0.6 is 0 Å². The molecule has 15 heavy (non-hydrogen) atoms. The van der Waals surface area contributed by atoms with Crippen molar-refractivity contribution < 1.29 is 13.9 Å². The van der Waals surface area contributed by atoms with Crippen LogP contribution in [0.4, 0.5) is 4.39 Å². The van der Waals surface area contributed by atoms with Crippen LogP contribution in [0.15, 0.2) is 24.3 Å². The molecule has 0 spiro atoms. The van der Waals surface area contributed by atoms with Crippen LogP contribution in [0, 0.1) is 11.8 Å². The van der Waals surface area contributed by atoms with Crippen molar-refractivity contribution in [3.05, 3.63) is 35.4 Å². The summed E-state index contributed by atoms with van der Waals surface area (Å²) in [6.07, 6.45) is 0. The summed E-state index contributed by atoms with van der Waals surface area (Å²) >= 11 is 0. The van der Waals surface area contributed by atoms with Crippen LogP contribution in [-0.4, -0.2) is 19.3 Å². The number of benzene rings is 1. The highest BCUT2D eigenvalue weighted by atomic mass is 19.1. The first-order chi connectivity index (χ1) is 7.29. The number of alkyl halides is 1. The third-order valence-electron chi connectivity index (χ3n) is 1.71.